The molecule has 40 heavy (non-hydrogen) atoms. The molecule has 0 saturated carbocycles. The predicted molar refractivity (Wildman–Crippen MR) is 161 cm³/mol. The van der Waals surface area contributed by atoms with E-state index in [1.165, 1.54) is 0 Å². The highest BCUT2D eigenvalue weighted by Gasteiger charge is 2.37. The van der Waals surface area contributed by atoms with Gasteiger partial charge in [-0.1, -0.05) is 53.0 Å². The Kier molecular flexibility index (Phi) is 25.9. The van der Waals surface area contributed by atoms with E-state index < -0.39 is 27.4 Å². The summed E-state index contributed by atoms with van der Waals surface area (Å²) in [5.74, 6) is 0.674. The lowest BCUT2D eigenvalue weighted by Crippen LogP contribution is -2.43. The molecule has 0 aromatic rings. The van der Waals surface area contributed by atoms with Crippen LogP contribution in [0, 0.1) is 5.41 Å². The molecule has 1 unspecified atom stereocenters. The topological polar surface area (TPSA) is 92.3 Å². The van der Waals surface area contributed by atoms with Gasteiger partial charge in [0.15, 0.2) is 5.22 Å². The molecule has 0 N–H and O–H groups in total. The first-order chi connectivity index (χ1) is 19.2. The minimum atomic E-state index is -1.13. The van der Waals surface area contributed by atoms with Crippen LogP contribution in [-0.2, 0) is 46.6 Å². The van der Waals surface area contributed by atoms with Crippen LogP contribution in [0.3, 0.4) is 0 Å². The van der Waals surface area contributed by atoms with Crippen molar-refractivity contribution in [1.29, 1.82) is 0 Å². The maximum Gasteiger partial charge on any atom is 0.713 e. The van der Waals surface area contributed by atoms with Gasteiger partial charge >= 0.3 is 22.0 Å². The second-order valence-electron chi connectivity index (χ2n) is 9.48. The van der Waals surface area contributed by atoms with Crippen LogP contribution in [0.4, 0.5) is 0 Å². The molecule has 1 atom stereocenters. The zero-order valence-electron chi connectivity index (χ0n) is 25.1. The molecule has 0 bridgehead atoms. The third kappa shape index (κ3) is 23.1. The van der Waals surface area contributed by atoms with E-state index in [2.05, 4.69) is 27.0 Å². The van der Waals surface area contributed by atoms with Crippen LogP contribution >= 0.6 is 23.2 Å². The van der Waals surface area contributed by atoms with Crippen LogP contribution < -0.4 is 0 Å². The summed E-state index contributed by atoms with van der Waals surface area (Å²) in [6, 6.07) is 0. The van der Waals surface area contributed by atoms with Crippen molar-refractivity contribution in [3.63, 3.8) is 0 Å². The molecule has 15 heteroatoms. The van der Waals surface area contributed by atoms with E-state index in [0.717, 1.165) is 38.5 Å². The van der Waals surface area contributed by atoms with Gasteiger partial charge in [0.1, 0.15) is 0 Å². The summed E-state index contributed by atoms with van der Waals surface area (Å²) < 4.78 is 56.9. The number of unbranched alkanes of at least 4 members (excludes halogenated alkanes) is 4. The molecule has 0 spiro atoms. The average Bonchev–Trinajstić information content (AvgIpc) is 2.91. The molecule has 0 fully saturated rings. The SMILES string of the molecule is C=C(C)OB(OCCOC)OCC(C)(COB(OCCCCC)OCCCCC)COB(OCCCl)OC(=C)Cl. The molecular weight excluding hydrogens is 564 g/mol. The molecule has 0 radical (unpaired) electrons. The molecule has 0 aliphatic heterocycles. The van der Waals surface area contributed by atoms with Gasteiger partial charge < -0.3 is 46.6 Å². The van der Waals surface area contributed by atoms with Gasteiger partial charge in [0.2, 0.25) is 0 Å². The fourth-order valence-electron chi connectivity index (χ4n) is 3.01. The minimum absolute atomic E-state index is 0.0698. The smallest absolute Gasteiger partial charge is 0.516 e. The quantitative estimate of drug-likeness (QED) is 0.0441. The van der Waals surface area contributed by atoms with E-state index in [1.54, 1.807) is 14.0 Å². The highest BCUT2D eigenvalue weighted by atomic mass is 35.5. The van der Waals surface area contributed by atoms with Crippen LogP contribution in [0.25, 0.3) is 0 Å². The Labute approximate surface area is 253 Å². The second-order valence-corrected chi connectivity index (χ2v) is 10.3. The van der Waals surface area contributed by atoms with Crippen molar-refractivity contribution in [3.8, 4) is 0 Å². The Balaban J connectivity index is 5.51. The van der Waals surface area contributed by atoms with Crippen molar-refractivity contribution in [2.45, 2.75) is 66.2 Å². The fourth-order valence-corrected chi connectivity index (χ4v) is 3.17. The molecule has 0 aliphatic carbocycles. The van der Waals surface area contributed by atoms with Crippen molar-refractivity contribution in [1.82, 2.24) is 0 Å². The predicted octanol–water partition coefficient (Wildman–Crippen LogP) is 5.61. The lowest BCUT2D eigenvalue weighted by atomic mass is 9.92. The summed E-state index contributed by atoms with van der Waals surface area (Å²) >= 11 is 11.6. The Morgan fingerprint density at radius 3 is 1.60 bits per heavy atom. The van der Waals surface area contributed by atoms with E-state index in [0.29, 0.717) is 25.6 Å². The fraction of sp³-hybridized carbons (Fsp3) is 0.840. The van der Waals surface area contributed by atoms with Crippen LogP contribution in [0.15, 0.2) is 24.1 Å². The van der Waals surface area contributed by atoms with Gasteiger partial charge in [-0.05, 0) is 37.9 Å². The Morgan fingerprint density at radius 1 is 0.675 bits per heavy atom. The molecule has 0 heterocycles. The zero-order valence-corrected chi connectivity index (χ0v) is 26.6. The van der Waals surface area contributed by atoms with Crippen LogP contribution in [0.5, 0.6) is 0 Å². The Bertz CT molecular complexity index is 630. The van der Waals surface area contributed by atoms with E-state index in [9.17, 15) is 0 Å². The molecule has 0 rings (SSSR count). The van der Waals surface area contributed by atoms with Crippen LogP contribution in [0.2, 0.25) is 0 Å². The average molecular weight is 613 g/mol. The standard InChI is InChI=1S/C25H49B3Cl2O10/c1-8-10-12-15-32-26(33-16-13-11-9-2)36-20-25(6,22-38-28(34-17-14-29)40-24(5)30)21-37-27(39-23(3)4)35-19-18-31-7/h3,5,8-22H2,1-2,4,6-7H3. The number of allylic oxidation sites excluding steroid dienone is 1. The van der Waals surface area contributed by atoms with Crippen molar-refractivity contribution in [3.05, 3.63) is 24.1 Å². The van der Waals surface area contributed by atoms with Crippen molar-refractivity contribution in [2.75, 3.05) is 65.8 Å². The van der Waals surface area contributed by atoms with E-state index in [-0.39, 0.29) is 44.1 Å². The van der Waals surface area contributed by atoms with E-state index >= 15 is 0 Å². The third-order valence-corrected chi connectivity index (χ3v) is 5.34. The number of hydrogen-bond donors (Lipinski definition) is 0. The first kappa shape index (κ1) is 39.5. The van der Waals surface area contributed by atoms with Gasteiger partial charge in [-0.2, -0.15) is 0 Å². The van der Waals surface area contributed by atoms with E-state index in [1.807, 2.05) is 6.92 Å². The Morgan fingerprint density at radius 2 is 1.15 bits per heavy atom. The lowest BCUT2D eigenvalue weighted by molar-refractivity contribution is -0.0189. The molecule has 232 valence electrons. The van der Waals surface area contributed by atoms with Crippen molar-refractivity contribution < 1.29 is 46.6 Å². The number of methoxy groups -OCH3 is 1. The monoisotopic (exact) mass is 612 g/mol. The van der Waals surface area contributed by atoms with Crippen molar-refractivity contribution >= 4 is 45.2 Å². The molecule has 0 aliphatic rings. The molecular formula is C25H49B3Cl2O10. The second kappa shape index (κ2) is 26.2. The Hall–Kier alpha value is -0.465. The number of rotatable bonds is 30. The third-order valence-electron chi connectivity index (χ3n) is 5.10. The van der Waals surface area contributed by atoms with Gasteiger partial charge in [0.05, 0.1) is 19.0 Å². The van der Waals surface area contributed by atoms with Crippen LogP contribution in [0.1, 0.15) is 66.2 Å². The van der Waals surface area contributed by atoms with Gasteiger partial charge in [-0.25, -0.2) is 0 Å². The first-order valence-corrected chi connectivity index (χ1v) is 14.8. The summed E-state index contributed by atoms with van der Waals surface area (Å²) in [7, 11) is -1.40. The highest BCUT2D eigenvalue weighted by molar-refractivity contribution is 6.40. The maximum atomic E-state index is 6.10. The van der Waals surface area contributed by atoms with E-state index in [4.69, 9.17) is 69.8 Å². The summed E-state index contributed by atoms with van der Waals surface area (Å²) in [6.07, 6.45) is 6.12. The van der Waals surface area contributed by atoms with Gasteiger partial charge in [-0.15, -0.1) is 11.6 Å². The molecule has 10 nitrogen and oxygen atoms in total. The minimum Gasteiger partial charge on any atom is -0.516 e. The zero-order chi connectivity index (χ0) is 30.1. The highest BCUT2D eigenvalue weighted by Crippen LogP contribution is 2.22. The summed E-state index contributed by atoms with van der Waals surface area (Å²) in [5.41, 5.74) is -0.765. The van der Waals surface area contributed by atoms with Crippen LogP contribution in [-0.4, -0.2) is 87.8 Å². The first-order valence-electron chi connectivity index (χ1n) is 13.9. The summed E-state index contributed by atoms with van der Waals surface area (Å²) in [5, 5.41) is -0.0868. The lowest BCUT2D eigenvalue weighted by Gasteiger charge is -2.31. The van der Waals surface area contributed by atoms with Crippen molar-refractivity contribution in [2.24, 2.45) is 5.41 Å². The van der Waals surface area contributed by atoms with Gasteiger partial charge in [0, 0.05) is 58.0 Å². The summed E-state index contributed by atoms with van der Waals surface area (Å²) in [4.78, 5) is 0. The number of halogens is 2. The summed E-state index contributed by atoms with van der Waals surface area (Å²) in [6.45, 7) is 17.3. The normalized spacial score (nSPS) is 12.6. The molecule has 0 saturated heterocycles. The molecule has 0 aromatic heterocycles. The molecule has 0 aromatic carbocycles. The number of hydrogen-bond acceptors (Lipinski definition) is 10. The number of alkyl halides is 1. The van der Waals surface area contributed by atoms with Gasteiger partial charge in [0.25, 0.3) is 0 Å². The number of ether oxygens (including phenoxy) is 1. The largest absolute Gasteiger partial charge is 0.713 e. The van der Waals surface area contributed by atoms with Gasteiger partial charge in [-0.3, -0.25) is 0 Å². The molecule has 0 amide bonds. The maximum absolute atomic E-state index is 6.10.